The second kappa shape index (κ2) is 6.45. The van der Waals surface area contributed by atoms with Gasteiger partial charge in [-0.1, -0.05) is 0 Å². The number of nitrogens with one attached hydrogen (secondary N) is 1. The Balaban J connectivity index is 1.60. The molecule has 0 saturated carbocycles. The van der Waals surface area contributed by atoms with Crippen LogP contribution < -0.4 is 15.1 Å². The largest absolute Gasteiger partial charge is 0.352 e. The van der Waals surface area contributed by atoms with Gasteiger partial charge in [-0.2, -0.15) is 0 Å². The highest BCUT2D eigenvalue weighted by Gasteiger charge is 2.19. The van der Waals surface area contributed by atoms with Gasteiger partial charge in [0.25, 0.3) is 0 Å². The first-order valence-corrected chi connectivity index (χ1v) is 7.09. The fraction of sp³-hybridized carbons (Fsp3) is 0.429. The van der Waals surface area contributed by atoms with Gasteiger partial charge in [-0.05, 0) is 13.1 Å². The van der Waals surface area contributed by atoms with E-state index in [2.05, 4.69) is 35.1 Å². The van der Waals surface area contributed by atoms with Crippen LogP contribution >= 0.6 is 0 Å². The molecule has 7 nitrogen and oxygen atoms in total. The predicted octanol–water partition coefficient (Wildman–Crippen LogP) is 0.313. The molecule has 0 aliphatic carbocycles. The van der Waals surface area contributed by atoms with Crippen molar-refractivity contribution >= 4 is 11.8 Å². The van der Waals surface area contributed by atoms with E-state index in [1.54, 1.807) is 12.4 Å². The van der Waals surface area contributed by atoms with E-state index in [1.807, 2.05) is 25.5 Å². The van der Waals surface area contributed by atoms with Gasteiger partial charge in [-0.3, -0.25) is 4.98 Å². The molecule has 0 aromatic carbocycles. The third kappa shape index (κ3) is 3.25. The SMILES string of the molecule is CNCc1cnc(N2CCN(c3ncccn3)CC2)cn1. The van der Waals surface area contributed by atoms with Gasteiger partial charge in [0.05, 0.1) is 18.1 Å². The molecular weight excluding hydrogens is 266 g/mol. The van der Waals surface area contributed by atoms with Gasteiger partial charge in [-0.15, -0.1) is 0 Å². The Bertz CT molecular complexity index is 549. The molecule has 1 saturated heterocycles. The van der Waals surface area contributed by atoms with Gasteiger partial charge < -0.3 is 15.1 Å². The third-order valence-electron chi connectivity index (χ3n) is 3.49. The Kier molecular flexibility index (Phi) is 4.20. The molecule has 0 spiro atoms. The van der Waals surface area contributed by atoms with Gasteiger partial charge in [-0.25, -0.2) is 15.0 Å². The first kappa shape index (κ1) is 13.7. The molecule has 1 aliphatic heterocycles. The molecule has 1 fully saturated rings. The van der Waals surface area contributed by atoms with Crippen molar-refractivity contribution in [1.82, 2.24) is 25.3 Å². The molecule has 0 unspecified atom stereocenters. The summed E-state index contributed by atoms with van der Waals surface area (Å²) >= 11 is 0. The summed E-state index contributed by atoms with van der Waals surface area (Å²) in [4.78, 5) is 21.9. The molecule has 3 heterocycles. The number of hydrogen-bond acceptors (Lipinski definition) is 7. The van der Waals surface area contributed by atoms with E-state index >= 15 is 0 Å². The maximum absolute atomic E-state index is 4.49. The van der Waals surface area contributed by atoms with Crippen LogP contribution in [0.5, 0.6) is 0 Å². The average molecular weight is 285 g/mol. The molecule has 0 atom stereocenters. The molecule has 0 amide bonds. The summed E-state index contributed by atoms with van der Waals surface area (Å²) in [5, 5.41) is 3.07. The Morgan fingerprint density at radius 2 is 1.67 bits per heavy atom. The van der Waals surface area contributed by atoms with Gasteiger partial charge in [0.2, 0.25) is 5.95 Å². The van der Waals surface area contributed by atoms with E-state index in [0.717, 1.165) is 50.2 Å². The molecule has 1 aliphatic rings. The summed E-state index contributed by atoms with van der Waals surface area (Å²) in [7, 11) is 1.90. The Labute approximate surface area is 124 Å². The zero-order valence-electron chi connectivity index (χ0n) is 12.1. The van der Waals surface area contributed by atoms with Gasteiger partial charge >= 0.3 is 0 Å². The van der Waals surface area contributed by atoms with E-state index in [4.69, 9.17) is 0 Å². The fourth-order valence-electron chi connectivity index (χ4n) is 2.37. The van der Waals surface area contributed by atoms with Gasteiger partial charge in [0, 0.05) is 45.1 Å². The van der Waals surface area contributed by atoms with Crippen LogP contribution in [0.15, 0.2) is 30.9 Å². The van der Waals surface area contributed by atoms with E-state index in [-0.39, 0.29) is 0 Å². The first-order valence-electron chi connectivity index (χ1n) is 7.09. The zero-order valence-corrected chi connectivity index (χ0v) is 12.1. The lowest BCUT2D eigenvalue weighted by molar-refractivity contribution is 0.632. The smallest absolute Gasteiger partial charge is 0.225 e. The molecule has 2 aromatic rings. The second-order valence-corrected chi connectivity index (χ2v) is 4.92. The summed E-state index contributed by atoms with van der Waals surface area (Å²) in [6, 6.07) is 1.84. The normalized spacial score (nSPS) is 15.3. The molecule has 0 radical (unpaired) electrons. The standard InChI is InChI=1S/C14H19N7/c1-15-9-12-10-19-13(11-18-12)20-5-7-21(8-6-20)14-16-3-2-4-17-14/h2-4,10-11,15H,5-9H2,1H3. The molecule has 110 valence electrons. The van der Waals surface area contributed by atoms with E-state index in [1.165, 1.54) is 0 Å². The fourth-order valence-corrected chi connectivity index (χ4v) is 2.37. The van der Waals surface area contributed by atoms with Gasteiger partial charge in [0.15, 0.2) is 0 Å². The minimum atomic E-state index is 0.742. The summed E-state index contributed by atoms with van der Waals surface area (Å²) in [6.07, 6.45) is 7.24. The Morgan fingerprint density at radius 3 is 2.29 bits per heavy atom. The molecule has 21 heavy (non-hydrogen) atoms. The van der Waals surface area contributed by atoms with Crippen LogP contribution in [-0.2, 0) is 6.54 Å². The van der Waals surface area contributed by atoms with Crippen molar-refractivity contribution < 1.29 is 0 Å². The number of nitrogens with zero attached hydrogens (tertiary/aromatic N) is 6. The maximum atomic E-state index is 4.49. The lowest BCUT2D eigenvalue weighted by Crippen LogP contribution is -2.47. The quantitative estimate of drug-likeness (QED) is 0.867. The molecule has 2 aromatic heterocycles. The van der Waals surface area contributed by atoms with Crippen molar-refractivity contribution in [2.75, 3.05) is 43.0 Å². The number of rotatable bonds is 4. The number of anilines is 2. The van der Waals surface area contributed by atoms with E-state index in [0.29, 0.717) is 0 Å². The molecule has 0 bridgehead atoms. The lowest BCUT2D eigenvalue weighted by Gasteiger charge is -2.35. The van der Waals surface area contributed by atoms with Crippen molar-refractivity contribution in [2.24, 2.45) is 0 Å². The summed E-state index contributed by atoms with van der Waals surface area (Å²) in [5.74, 6) is 1.73. The van der Waals surface area contributed by atoms with Crippen LogP contribution in [0.25, 0.3) is 0 Å². The van der Waals surface area contributed by atoms with Crippen molar-refractivity contribution in [2.45, 2.75) is 6.54 Å². The van der Waals surface area contributed by atoms with Gasteiger partial charge in [0.1, 0.15) is 5.82 Å². The molecule has 7 heteroatoms. The van der Waals surface area contributed by atoms with Crippen LogP contribution in [0.3, 0.4) is 0 Å². The summed E-state index contributed by atoms with van der Waals surface area (Å²) in [5.41, 5.74) is 0.956. The summed E-state index contributed by atoms with van der Waals surface area (Å²) in [6.45, 7) is 4.33. The maximum Gasteiger partial charge on any atom is 0.225 e. The van der Waals surface area contributed by atoms with Crippen molar-refractivity contribution in [3.8, 4) is 0 Å². The average Bonchev–Trinajstić information content (AvgIpc) is 2.57. The minimum Gasteiger partial charge on any atom is -0.352 e. The number of aromatic nitrogens is 4. The number of piperazine rings is 1. The topological polar surface area (TPSA) is 70.1 Å². The summed E-state index contributed by atoms with van der Waals surface area (Å²) < 4.78 is 0. The molecule has 1 N–H and O–H groups in total. The van der Waals surface area contributed by atoms with Crippen LogP contribution in [0.4, 0.5) is 11.8 Å². The second-order valence-electron chi connectivity index (χ2n) is 4.92. The van der Waals surface area contributed by atoms with Crippen LogP contribution in [0.1, 0.15) is 5.69 Å². The lowest BCUT2D eigenvalue weighted by atomic mass is 10.3. The highest BCUT2D eigenvalue weighted by Crippen LogP contribution is 2.15. The number of hydrogen-bond donors (Lipinski definition) is 1. The van der Waals surface area contributed by atoms with Crippen LogP contribution in [0, 0.1) is 0 Å². The third-order valence-corrected chi connectivity index (χ3v) is 3.49. The Hall–Kier alpha value is -2.28. The zero-order chi connectivity index (χ0) is 14.5. The molecule has 3 rings (SSSR count). The Morgan fingerprint density at radius 1 is 0.952 bits per heavy atom. The first-order chi connectivity index (χ1) is 10.4. The predicted molar refractivity (Wildman–Crippen MR) is 81.3 cm³/mol. The van der Waals surface area contributed by atoms with Crippen LogP contribution in [0.2, 0.25) is 0 Å². The van der Waals surface area contributed by atoms with Crippen molar-refractivity contribution in [3.63, 3.8) is 0 Å². The van der Waals surface area contributed by atoms with Crippen molar-refractivity contribution in [3.05, 3.63) is 36.5 Å². The van der Waals surface area contributed by atoms with Crippen molar-refractivity contribution in [1.29, 1.82) is 0 Å². The van der Waals surface area contributed by atoms with E-state index < -0.39 is 0 Å². The minimum absolute atomic E-state index is 0.742. The van der Waals surface area contributed by atoms with E-state index in [9.17, 15) is 0 Å². The van der Waals surface area contributed by atoms with Crippen LogP contribution in [-0.4, -0.2) is 53.2 Å². The highest BCUT2D eigenvalue weighted by molar-refractivity contribution is 5.40. The molecular formula is C14H19N7. The highest BCUT2D eigenvalue weighted by atomic mass is 15.3. The monoisotopic (exact) mass is 285 g/mol.